The van der Waals surface area contributed by atoms with Crippen molar-refractivity contribution < 1.29 is 4.79 Å². The van der Waals surface area contributed by atoms with Gasteiger partial charge in [-0.2, -0.15) is 5.10 Å². The van der Waals surface area contributed by atoms with Crippen molar-refractivity contribution in [2.75, 3.05) is 0 Å². The number of carbonyl (C=O) groups excluding carboxylic acids is 1. The molecule has 0 atom stereocenters. The van der Waals surface area contributed by atoms with Gasteiger partial charge in [0.25, 0.3) is 0 Å². The highest BCUT2D eigenvalue weighted by atomic mass is 35.5. The molecule has 0 radical (unpaired) electrons. The number of carbonyl (C=O) groups is 1. The van der Waals surface area contributed by atoms with Crippen LogP contribution in [0.3, 0.4) is 0 Å². The number of aromatic amines is 1. The fourth-order valence-electron chi connectivity index (χ4n) is 1.79. The van der Waals surface area contributed by atoms with Crippen LogP contribution in [0.25, 0.3) is 0 Å². The minimum atomic E-state index is 0.664. The minimum Gasteiger partial charge on any atom is -0.298 e. The molecular weight excluding hydrogens is 236 g/mol. The predicted octanol–water partition coefficient (Wildman–Crippen LogP) is 2.97. The first-order valence-electron chi connectivity index (χ1n) is 5.45. The fourth-order valence-corrected chi connectivity index (χ4v) is 2.02. The van der Waals surface area contributed by atoms with Gasteiger partial charge in [0.2, 0.25) is 0 Å². The zero-order valence-corrected chi connectivity index (χ0v) is 10.3. The van der Waals surface area contributed by atoms with Crippen molar-refractivity contribution in [3.8, 4) is 0 Å². The number of hydrogen-bond donors (Lipinski definition) is 1. The number of hydrogen-bond acceptors (Lipinski definition) is 2. The van der Waals surface area contributed by atoms with Gasteiger partial charge in [-0.15, -0.1) is 0 Å². The molecule has 0 fully saturated rings. The Morgan fingerprint density at radius 3 is 2.82 bits per heavy atom. The van der Waals surface area contributed by atoms with Gasteiger partial charge in [0.1, 0.15) is 0 Å². The van der Waals surface area contributed by atoms with E-state index in [9.17, 15) is 4.79 Å². The highest BCUT2D eigenvalue weighted by molar-refractivity contribution is 6.31. The molecule has 4 heteroatoms. The van der Waals surface area contributed by atoms with E-state index in [-0.39, 0.29) is 0 Å². The van der Waals surface area contributed by atoms with Crippen LogP contribution in [0.4, 0.5) is 0 Å². The van der Waals surface area contributed by atoms with Crippen LogP contribution in [-0.4, -0.2) is 16.5 Å². The van der Waals surface area contributed by atoms with Crippen LogP contribution in [0.1, 0.15) is 27.3 Å². The van der Waals surface area contributed by atoms with E-state index in [2.05, 4.69) is 10.2 Å². The number of nitrogens with one attached hydrogen (secondary N) is 1. The molecule has 1 aromatic carbocycles. The summed E-state index contributed by atoms with van der Waals surface area (Å²) < 4.78 is 0. The summed E-state index contributed by atoms with van der Waals surface area (Å²) in [7, 11) is 0. The number of rotatable bonds is 4. The van der Waals surface area contributed by atoms with Crippen LogP contribution in [0.15, 0.2) is 24.3 Å². The number of benzene rings is 1. The molecule has 17 heavy (non-hydrogen) atoms. The predicted molar refractivity (Wildman–Crippen MR) is 67.6 cm³/mol. The van der Waals surface area contributed by atoms with E-state index in [1.54, 1.807) is 0 Å². The van der Waals surface area contributed by atoms with Crippen molar-refractivity contribution in [1.29, 1.82) is 0 Å². The summed E-state index contributed by atoms with van der Waals surface area (Å²) in [6, 6.07) is 7.72. The largest absolute Gasteiger partial charge is 0.298 e. The molecule has 1 heterocycles. The Kier molecular flexibility index (Phi) is 3.59. The van der Waals surface area contributed by atoms with Crippen molar-refractivity contribution in [2.45, 2.75) is 19.8 Å². The Labute approximate surface area is 105 Å². The molecule has 2 rings (SSSR count). The molecule has 0 spiro atoms. The summed E-state index contributed by atoms with van der Waals surface area (Å²) >= 11 is 6.07. The molecule has 1 aromatic heterocycles. The van der Waals surface area contributed by atoms with E-state index in [1.165, 1.54) is 0 Å². The van der Waals surface area contributed by atoms with Gasteiger partial charge >= 0.3 is 0 Å². The molecule has 0 amide bonds. The lowest BCUT2D eigenvalue weighted by molar-refractivity contribution is 0.112. The number of aromatic nitrogens is 2. The van der Waals surface area contributed by atoms with Crippen LogP contribution in [-0.2, 0) is 12.8 Å². The van der Waals surface area contributed by atoms with Crippen LogP contribution in [0.2, 0.25) is 5.02 Å². The third-order valence-electron chi connectivity index (χ3n) is 2.78. The van der Waals surface area contributed by atoms with Gasteiger partial charge < -0.3 is 0 Å². The smallest absolute Gasteiger partial charge is 0.153 e. The lowest BCUT2D eigenvalue weighted by Crippen LogP contribution is -1.96. The number of halogens is 1. The van der Waals surface area contributed by atoms with Gasteiger partial charge in [-0.25, -0.2) is 0 Å². The Morgan fingerprint density at radius 2 is 2.12 bits per heavy atom. The van der Waals surface area contributed by atoms with Crippen molar-refractivity contribution in [3.05, 3.63) is 51.8 Å². The summed E-state index contributed by atoms with van der Waals surface area (Å²) in [5, 5.41) is 7.71. The van der Waals surface area contributed by atoms with E-state index in [0.29, 0.717) is 12.0 Å². The molecule has 1 N–H and O–H groups in total. The Hall–Kier alpha value is -1.61. The molecule has 0 aliphatic carbocycles. The van der Waals surface area contributed by atoms with Crippen LogP contribution in [0, 0.1) is 6.92 Å². The topological polar surface area (TPSA) is 45.8 Å². The summed E-state index contributed by atoms with van der Waals surface area (Å²) in [5.74, 6) is 0. The second-order valence-corrected chi connectivity index (χ2v) is 4.33. The average Bonchev–Trinajstić information content (AvgIpc) is 2.69. The lowest BCUT2D eigenvalue weighted by atomic mass is 10.1. The Balaban J connectivity index is 2.13. The van der Waals surface area contributed by atoms with E-state index < -0.39 is 0 Å². The maximum absolute atomic E-state index is 10.9. The Morgan fingerprint density at radius 1 is 1.35 bits per heavy atom. The first-order valence-corrected chi connectivity index (χ1v) is 5.82. The van der Waals surface area contributed by atoms with E-state index >= 15 is 0 Å². The quantitative estimate of drug-likeness (QED) is 0.846. The summed E-state index contributed by atoms with van der Waals surface area (Å²) in [6.07, 6.45) is 2.34. The fraction of sp³-hybridized carbons (Fsp3) is 0.231. The zero-order chi connectivity index (χ0) is 12.3. The molecule has 0 aliphatic rings. The number of nitrogens with zero attached hydrogens (tertiary/aromatic N) is 1. The standard InChI is InChI=1S/C13H13ClN2O/c1-9-11(8-17)13(16-15-9)7-6-10-4-2-3-5-12(10)14/h2-5,8H,6-7H2,1H3,(H,15,16). The first-order chi connectivity index (χ1) is 8.22. The van der Waals surface area contributed by atoms with E-state index in [4.69, 9.17) is 11.6 Å². The molecule has 0 aliphatic heterocycles. The highest BCUT2D eigenvalue weighted by Gasteiger charge is 2.09. The molecule has 0 saturated heterocycles. The van der Waals surface area contributed by atoms with Gasteiger partial charge in [-0.05, 0) is 31.4 Å². The first kappa shape index (κ1) is 11.9. The third-order valence-corrected chi connectivity index (χ3v) is 3.15. The third kappa shape index (κ3) is 2.56. The summed E-state index contributed by atoms with van der Waals surface area (Å²) in [6.45, 7) is 1.84. The van der Waals surface area contributed by atoms with Crippen LogP contribution < -0.4 is 0 Å². The zero-order valence-electron chi connectivity index (χ0n) is 9.53. The number of aryl methyl sites for hydroxylation is 3. The molecule has 0 bridgehead atoms. The summed E-state index contributed by atoms with van der Waals surface area (Å²) in [4.78, 5) is 10.9. The van der Waals surface area contributed by atoms with Crippen molar-refractivity contribution in [3.63, 3.8) is 0 Å². The molecular formula is C13H13ClN2O. The van der Waals surface area contributed by atoms with Gasteiger partial charge in [-0.3, -0.25) is 9.89 Å². The second-order valence-electron chi connectivity index (χ2n) is 3.92. The van der Waals surface area contributed by atoms with Gasteiger partial charge in [0, 0.05) is 10.7 Å². The molecule has 88 valence electrons. The maximum Gasteiger partial charge on any atom is 0.153 e. The highest BCUT2D eigenvalue weighted by Crippen LogP contribution is 2.18. The molecule has 2 aromatic rings. The second kappa shape index (κ2) is 5.15. The van der Waals surface area contributed by atoms with Crippen molar-refractivity contribution >= 4 is 17.9 Å². The van der Waals surface area contributed by atoms with E-state index in [0.717, 1.165) is 34.7 Å². The van der Waals surface area contributed by atoms with Crippen LogP contribution in [0.5, 0.6) is 0 Å². The molecule has 0 unspecified atom stereocenters. The van der Waals surface area contributed by atoms with Crippen molar-refractivity contribution in [2.24, 2.45) is 0 Å². The maximum atomic E-state index is 10.9. The van der Waals surface area contributed by atoms with Crippen LogP contribution >= 0.6 is 11.6 Å². The van der Waals surface area contributed by atoms with Gasteiger partial charge in [-0.1, -0.05) is 29.8 Å². The van der Waals surface area contributed by atoms with E-state index in [1.807, 2.05) is 31.2 Å². The SMILES string of the molecule is Cc1[nH]nc(CCc2ccccc2Cl)c1C=O. The van der Waals surface area contributed by atoms with Gasteiger partial charge in [0.15, 0.2) is 6.29 Å². The number of H-pyrrole nitrogens is 1. The summed E-state index contributed by atoms with van der Waals surface area (Å²) in [5.41, 5.74) is 3.36. The monoisotopic (exact) mass is 248 g/mol. The van der Waals surface area contributed by atoms with Crippen molar-refractivity contribution in [1.82, 2.24) is 10.2 Å². The molecule has 3 nitrogen and oxygen atoms in total. The number of aldehydes is 1. The van der Waals surface area contributed by atoms with Gasteiger partial charge in [0.05, 0.1) is 11.3 Å². The molecule has 0 saturated carbocycles. The normalized spacial score (nSPS) is 10.5. The Bertz CT molecular complexity index is 534. The lowest BCUT2D eigenvalue weighted by Gasteiger charge is -2.02. The average molecular weight is 249 g/mol. The minimum absolute atomic E-state index is 0.664.